The van der Waals surface area contributed by atoms with E-state index in [1.807, 2.05) is 0 Å². The van der Waals surface area contributed by atoms with Gasteiger partial charge in [-0.3, -0.25) is 14.9 Å². The van der Waals surface area contributed by atoms with Crippen LogP contribution in [0.15, 0.2) is 29.2 Å². The van der Waals surface area contributed by atoms with Gasteiger partial charge in [-0.05, 0) is 43.7 Å². The molecule has 9 heteroatoms. The van der Waals surface area contributed by atoms with Gasteiger partial charge >= 0.3 is 5.97 Å². The number of hydrogen-bond acceptors (Lipinski definition) is 7. The van der Waals surface area contributed by atoms with E-state index in [2.05, 4.69) is 5.32 Å². The van der Waals surface area contributed by atoms with Crippen LogP contribution >= 0.6 is 11.9 Å². The number of hydrogen-bond donors (Lipinski definition) is 3. The molecule has 1 aliphatic heterocycles. The first-order chi connectivity index (χ1) is 15.4. The van der Waals surface area contributed by atoms with Crippen LogP contribution in [-0.2, 0) is 4.79 Å². The minimum atomic E-state index is -1.04. The van der Waals surface area contributed by atoms with Gasteiger partial charge in [0.2, 0.25) is 0 Å². The van der Waals surface area contributed by atoms with Crippen molar-refractivity contribution in [2.45, 2.75) is 99.8 Å². The summed E-state index contributed by atoms with van der Waals surface area (Å²) in [5.74, 6) is -1.04. The Bertz CT molecular complexity index is 737. The van der Waals surface area contributed by atoms with Crippen molar-refractivity contribution < 1.29 is 19.9 Å². The highest BCUT2D eigenvalue weighted by molar-refractivity contribution is 7.97. The van der Waals surface area contributed by atoms with Crippen molar-refractivity contribution in [2.75, 3.05) is 6.54 Å². The lowest BCUT2D eigenvalue weighted by Gasteiger charge is -2.30. The minimum absolute atomic E-state index is 0.0713. The molecule has 2 aliphatic carbocycles. The zero-order chi connectivity index (χ0) is 22.9. The smallest absolute Gasteiger partial charge is 0.321 e. The second kappa shape index (κ2) is 12.5. The number of aliphatic carboxylic acids is 1. The standard InChI is InChI=1S/C12H23N.C11H12N2O5S/c1-3-7-11(8-4-1)13-12-9-5-2-6-10-12;14-7-5-9(11(15)16)12(6-7)19-10-4-2-1-3-8(10)13(17)18/h11-13H,1-10H2;1-4,7,9,14H,5-6H2,(H,15,16). The summed E-state index contributed by atoms with van der Waals surface area (Å²) in [6.45, 7) is 0.174. The highest BCUT2D eigenvalue weighted by atomic mass is 32.2. The summed E-state index contributed by atoms with van der Waals surface area (Å²) in [7, 11) is 0. The maximum absolute atomic E-state index is 11.1. The van der Waals surface area contributed by atoms with E-state index in [0.29, 0.717) is 4.90 Å². The topological polar surface area (TPSA) is 116 Å². The van der Waals surface area contributed by atoms with Crippen LogP contribution in [0.3, 0.4) is 0 Å². The molecule has 0 bridgehead atoms. The molecule has 3 fully saturated rings. The molecule has 32 heavy (non-hydrogen) atoms. The number of carboxylic acid groups (broad SMARTS) is 1. The largest absolute Gasteiger partial charge is 0.480 e. The SMILES string of the molecule is C1CCC(NC2CCCCC2)CC1.O=C(O)C1CC(O)CN1Sc1ccccc1[N+](=O)[O-]. The molecule has 1 aromatic carbocycles. The molecule has 4 rings (SSSR count). The van der Waals surface area contributed by atoms with E-state index >= 15 is 0 Å². The van der Waals surface area contributed by atoms with Gasteiger partial charge in [-0.1, -0.05) is 50.7 Å². The van der Waals surface area contributed by atoms with Gasteiger partial charge in [0.05, 0.1) is 11.0 Å². The first kappa shape index (κ1) is 25.0. The molecule has 8 nitrogen and oxygen atoms in total. The van der Waals surface area contributed by atoms with Gasteiger partial charge in [0.15, 0.2) is 0 Å². The molecule has 3 N–H and O–H groups in total. The third kappa shape index (κ3) is 7.43. The Morgan fingerprint density at radius 1 is 1.03 bits per heavy atom. The normalized spacial score (nSPS) is 25.2. The van der Waals surface area contributed by atoms with E-state index < -0.39 is 23.0 Å². The highest BCUT2D eigenvalue weighted by Crippen LogP contribution is 2.36. The number of β-amino-alcohol motifs (C(OH)–C–C–N with tert-alkyl or cyclic N) is 1. The average molecular weight is 466 g/mol. The fourth-order valence-electron chi connectivity index (χ4n) is 4.79. The number of benzene rings is 1. The second-order valence-electron chi connectivity index (χ2n) is 9.00. The number of aliphatic hydroxyl groups is 1. The molecular weight excluding hydrogens is 430 g/mol. The molecule has 1 aromatic rings. The zero-order valence-corrected chi connectivity index (χ0v) is 19.3. The molecular formula is C23H35N3O5S. The number of para-hydroxylation sites is 1. The first-order valence-electron chi connectivity index (χ1n) is 11.8. The van der Waals surface area contributed by atoms with Gasteiger partial charge < -0.3 is 15.5 Å². The molecule has 1 heterocycles. The Labute approximate surface area is 194 Å². The van der Waals surface area contributed by atoms with Gasteiger partial charge in [0.1, 0.15) is 10.9 Å². The van der Waals surface area contributed by atoms with Crippen LogP contribution in [0, 0.1) is 10.1 Å². The van der Waals surface area contributed by atoms with E-state index in [-0.39, 0.29) is 18.7 Å². The average Bonchev–Trinajstić information content (AvgIpc) is 3.16. The van der Waals surface area contributed by atoms with Crippen LogP contribution in [-0.4, -0.2) is 56.2 Å². The zero-order valence-electron chi connectivity index (χ0n) is 18.5. The van der Waals surface area contributed by atoms with E-state index in [1.165, 1.54) is 74.6 Å². The number of carbonyl (C=O) groups is 1. The number of nitro groups is 1. The number of aliphatic hydroxyl groups excluding tert-OH is 1. The second-order valence-corrected chi connectivity index (χ2v) is 10.1. The predicted molar refractivity (Wildman–Crippen MR) is 125 cm³/mol. The van der Waals surface area contributed by atoms with Crippen LogP contribution in [0.25, 0.3) is 0 Å². The molecule has 3 aliphatic rings. The highest BCUT2D eigenvalue weighted by Gasteiger charge is 2.37. The molecule has 2 unspecified atom stereocenters. The number of nitrogens with one attached hydrogen (secondary N) is 1. The molecule has 1 saturated heterocycles. The maximum atomic E-state index is 11.1. The molecule has 2 saturated carbocycles. The van der Waals surface area contributed by atoms with Gasteiger partial charge in [-0.15, -0.1) is 0 Å². The quantitative estimate of drug-likeness (QED) is 0.322. The lowest BCUT2D eigenvalue weighted by Crippen LogP contribution is -2.40. The third-order valence-corrected chi connectivity index (χ3v) is 7.66. The van der Waals surface area contributed by atoms with Crippen LogP contribution in [0.2, 0.25) is 0 Å². The van der Waals surface area contributed by atoms with Gasteiger partial charge in [0.25, 0.3) is 5.69 Å². The summed E-state index contributed by atoms with van der Waals surface area (Å²) in [5, 5.41) is 33.3. The Morgan fingerprint density at radius 2 is 1.59 bits per heavy atom. The Morgan fingerprint density at radius 3 is 2.12 bits per heavy atom. The van der Waals surface area contributed by atoms with E-state index in [0.717, 1.165) is 24.0 Å². The fraction of sp³-hybridized carbons (Fsp3) is 0.696. The van der Waals surface area contributed by atoms with E-state index in [9.17, 15) is 20.0 Å². The van der Waals surface area contributed by atoms with Crippen molar-refractivity contribution in [3.63, 3.8) is 0 Å². The van der Waals surface area contributed by atoms with Crippen LogP contribution in [0.1, 0.15) is 70.6 Å². The van der Waals surface area contributed by atoms with Crippen molar-refractivity contribution in [1.82, 2.24) is 9.62 Å². The number of carboxylic acids is 1. The monoisotopic (exact) mass is 465 g/mol. The summed E-state index contributed by atoms with van der Waals surface area (Å²) < 4.78 is 1.47. The molecule has 178 valence electrons. The number of nitro benzene ring substituents is 1. The summed E-state index contributed by atoms with van der Waals surface area (Å²) in [4.78, 5) is 21.8. The first-order valence-corrected chi connectivity index (χ1v) is 12.6. The fourth-order valence-corrected chi connectivity index (χ4v) is 5.97. The number of nitrogens with zero attached hydrogens (tertiary/aromatic N) is 2. The maximum Gasteiger partial charge on any atom is 0.321 e. The Balaban J connectivity index is 0.000000193. The summed E-state index contributed by atoms with van der Waals surface area (Å²) >= 11 is 0.997. The number of rotatable bonds is 6. The van der Waals surface area contributed by atoms with Crippen molar-refractivity contribution in [2.24, 2.45) is 0 Å². The summed E-state index contributed by atoms with van der Waals surface area (Å²) in [5.41, 5.74) is -0.0713. The van der Waals surface area contributed by atoms with E-state index in [4.69, 9.17) is 5.11 Å². The minimum Gasteiger partial charge on any atom is -0.480 e. The van der Waals surface area contributed by atoms with Crippen molar-refractivity contribution >= 4 is 23.6 Å². The van der Waals surface area contributed by atoms with Crippen molar-refractivity contribution in [1.29, 1.82) is 0 Å². The summed E-state index contributed by atoms with van der Waals surface area (Å²) in [6.07, 6.45) is 14.0. The third-order valence-electron chi connectivity index (χ3n) is 6.48. The van der Waals surface area contributed by atoms with E-state index in [1.54, 1.807) is 18.2 Å². The Kier molecular flexibility index (Phi) is 9.77. The molecule has 0 radical (unpaired) electrons. The molecule has 0 aromatic heterocycles. The van der Waals surface area contributed by atoms with Crippen LogP contribution in [0.5, 0.6) is 0 Å². The summed E-state index contributed by atoms with van der Waals surface area (Å²) in [6, 6.07) is 7.04. The lowest BCUT2D eigenvalue weighted by atomic mass is 9.91. The van der Waals surface area contributed by atoms with Crippen molar-refractivity contribution in [3.8, 4) is 0 Å². The van der Waals surface area contributed by atoms with Crippen molar-refractivity contribution in [3.05, 3.63) is 34.4 Å². The Hall–Kier alpha value is -1.68. The lowest BCUT2D eigenvalue weighted by molar-refractivity contribution is -0.387. The predicted octanol–water partition coefficient (Wildman–Crippen LogP) is 4.36. The molecule has 2 atom stereocenters. The van der Waals surface area contributed by atoms with Gasteiger partial charge in [-0.25, -0.2) is 4.31 Å². The van der Waals surface area contributed by atoms with Crippen LogP contribution < -0.4 is 5.32 Å². The molecule has 0 spiro atoms. The van der Waals surface area contributed by atoms with Crippen LogP contribution in [0.4, 0.5) is 5.69 Å². The molecule has 0 amide bonds. The van der Waals surface area contributed by atoms with Gasteiger partial charge in [0, 0.05) is 31.1 Å². The van der Waals surface area contributed by atoms with Gasteiger partial charge in [-0.2, -0.15) is 0 Å².